The molecule has 0 aliphatic carbocycles. The van der Waals surface area contributed by atoms with E-state index in [4.69, 9.17) is 0 Å². The van der Waals surface area contributed by atoms with Gasteiger partial charge >= 0.3 is 6.03 Å². The van der Waals surface area contributed by atoms with Crippen LogP contribution >= 0.6 is 11.8 Å². The average molecular weight is 309 g/mol. The third-order valence-corrected chi connectivity index (χ3v) is 5.06. The Morgan fingerprint density at radius 2 is 2.24 bits per heavy atom. The second-order valence-electron chi connectivity index (χ2n) is 5.58. The first-order valence-electron chi connectivity index (χ1n) is 7.67. The van der Waals surface area contributed by atoms with Gasteiger partial charge in [-0.15, -0.1) is 0 Å². The highest BCUT2D eigenvalue weighted by Crippen LogP contribution is 2.15. The molecule has 1 aromatic rings. The third kappa shape index (κ3) is 3.91. The fraction of sp³-hybridized carbons (Fsp3) is 0.714. The van der Waals surface area contributed by atoms with E-state index in [0.717, 1.165) is 38.0 Å². The molecule has 3 heterocycles. The number of thioether (sulfide) groups is 1. The van der Waals surface area contributed by atoms with E-state index in [9.17, 15) is 4.79 Å². The van der Waals surface area contributed by atoms with Crippen molar-refractivity contribution in [2.24, 2.45) is 0 Å². The van der Waals surface area contributed by atoms with Crippen molar-refractivity contribution < 1.29 is 4.79 Å². The summed E-state index contributed by atoms with van der Waals surface area (Å²) < 4.78 is 0. The quantitative estimate of drug-likeness (QED) is 0.812. The second-order valence-corrected chi connectivity index (χ2v) is 6.81. The molecule has 1 saturated heterocycles. The molecule has 3 rings (SSSR count). The summed E-state index contributed by atoms with van der Waals surface area (Å²) in [4.78, 5) is 16.5. The van der Waals surface area contributed by atoms with E-state index in [1.54, 1.807) is 0 Å². The summed E-state index contributed by atoms with van der Waals surface area (Å²) in [5, 5.41) is 10.1. The van der Waals surface area contributed by atoms with Crippen molar-refractivity contribution in [1.82, 2.24) is 25.3 Å². The van der Waals surface area contributed by atoms with Gasteiger partial charge in [0.1, 0.15) is 0 Å². The molecule has 2 N–H and O–H groups in total. The molecule has 6 nitrogen and oxygen atoms in total. The maximum absolute atomic E-state index is 12.1. The Bertz CT molecular complexity index is 472. The smallest absolute Gasteiger partial charge is 0.317 e. The van der Waals surface area contributed by atoms with E-state index < -0.39 is 0 Å². The fourth-order valence-corrected chi connectivity index (χ4v) is 3.81. The van der Waals surface area contributed by atoms with Gasteiger partial charge in [-0.05, 0) is 13.0 Å². The van der Waals surface area contributed by atoms with Gasteiger partial charge in [-0.2, -0.15) is 16.9 Å². The number of carbonyl (C=O) groups is 1. The van der Waals surface area contributed by atoms with E-state index in [1.807, 2.05) is 22.9 Å². The number of hydrogen-bond donors (Lipinski definition) is 2. The molecule has 7 heteroatoms. The van der Waals surface area contributed by atoms with Crippen LogP contribution in [0.3, 0.4) is 0 Å². The summed E-state index contributed by atoms with van der Waals surface area (Å²) in [6.07, 6.45) is 3.72. The molecule has 21 heavy (non-hydrogen) atoms. The average Bonchev–Trinajstić information content (AvgIpc) is 3.00. The Balaban J connectivity index is 1.35. The second kappa shape index (κ2) is 7.17. The van der Waals surface area contributed by atoms with Gasteiger partial charge in [0.05, 0.1) is 12.7 Å². The van der Waals surface area contributed by atoms with Crippen LogP contribution in [-0.2, 0) is 13.0 Å². The van der Waals surface area contributed by atoms with Crippen LogP contribution in [0, 0.1) is 0 Å². The van der Waals surface area contributed by atoms with E-state index >= 15 is 0 Å². The summed E-state index contributed by atoms with van der Waals surface area (Å²) >= 11 is 2.03. The normalized spacial score (nSPS) is 19.3. The number of hydrogen-bond acceptors (Lipinski definition) is 4. The molecule has 1 aromatic heterocycles. The molecular formula is C14H23N5OS. The van der Waals surface area contributed by atoms with Crippen LogP contribution in [-0.4, -0.2) is 70.3 Å². The molecule has 116 valence electrons. The Morgan fingerprint density at radius 3 is 3.10 bits per heavy atom. The highest BCUT2D eigenvalue weighted by molar-refractivity contribution is 7.99. The third-order valence-electron chi connectivity index (χ3n) is 4.12. The van der Waals surface area contributed by atoms with Crippen molar-refractivity contribution >= 4 is 17.8 Å². The number of rotatable bonds is 4. The minimum atomic E-state index is 0.0519. The largest absolute Gasteiger partial charge is 0.338 e. The number of fused-ring (bicyclic) bond motifs is 1. The first kappa shape index (κ1) is 14.7. The van der Waals surface area contributed by atoms with Crippen LogP contribution in [0.5, 0.6) is 0 Å². The Morgan fingerprint density at radius 1 is 1.38 bits per heavy atom. The van der Waals surface area contributed by atoms with Crippen LogP contribution in [0.15, 0.2) is 6.20 Å². The predicted octanol–water partition coefficient (Wildman–Crippen LogP) is 0.916. The topological polar surface area (TPSA) is 64.3 Å². The molecule has 0 spiro atoms. The monoisotopic (exact) mass is 309 g/mol. The summed E-state index contributed by atoms with van der Waals surface area (Å²) in [5.74, 6) is 2.49. The predicted molar refractivity (Wildman–Crippen MR) is 84.5 cm³/mol. The van der Waals surface area contributed by atoms with Gasteiger partial charge in [0, 0.05) is 55.4 Å². The molecule has 1 fully saturated rings. The van der Waals surface area contributed by atoms with Gasteiger partial charge in [-0.3, -0.25) is 5.10 Å². The van der Waals surface area contributed by atoms with Gasteiger partial charge in [-0.1, -0.05) is 0 Å². The minimum absolute atomic E-state index is 0.0519. The molecule has 0 atom stereocenters. The summed E-state index contributed by atoms with van der Waals surface area (Å²) in [5.41, 5.74) is 2.31. The zero-order chi connectivity index (χ0) is 14.5. The number of amides is 2. The zero-order valence-corrected chi connectivity index (χ0v) is 13.1. The van der Waals surface area contributed by atoms with Crippen LogP contribution in [0.4, 0.5) is 4.79 Å². The van der Waals surface area contributed by atoms with Crippen molar-refractivity contribution in [3.63, 3.8) is 0 Å². The van der Waals surface area contributed by atoms with E-state index in [-0.39, 0.29) is 6.03 Å². The Kier molecular flexibility index (Phi) is 5.03. The lowest BCUT2D eigenvalue weighted by Gasteiger charge is -2.28. The number of aromatic nitrogens is 2. The first-order valence-corrected chi connectivity index (χ1v) is 8.82. The highest BCUT2D eigenvalue weighted by atomic mass is 32.2. The molecule has 2 aliphatic heterocycles. The SMILES string of the molecule is O=C(NCCCN1CCSCC1)N1CCc2[nH]ncc2C1. The van der Waals surface area contributed by atoms with Crippen molar-refractivity contribution in [3.05, 3.63) is 17.5 Å². The lowest BCUT2D eigenvalue weighted by atomic mass is 10.1. The Labute approximate surface area is 129 Å². The summed E-state index contributed by atoms with van der Waals surface area (Å²) in [6, 6.07) is 0.0519. The lowest BCUT2D eigenvalue weighted by molar-refractivity contribution is 0.191. The van der Waals surface area contributed by atoms with Gasteiger partial charge < -0.3 is 15.1 Å². The highest BCUT2D eigenvalue weighted by Gasteiger charge is 2.21. The van der Waals surface area contributed by atoms with Gasteiger partial charge in [0.15, 0.2) is 0 Å². The standard InChI is InChI=1S/C14H23N5OS/c20-14(15-3-1-4-18-6-8-21-9-7-18)19-5-2-13-12(11-19)10-16-17-13/h10H,1-9,11H2,(H,15,20)(H,16,17). The van der Waals surface area contributed by atoms with E-state index in [0.29, 0.717) is 6.54 Å². The first-order chi connectivity index (χ1) is 10.3. The number of nitrogens with zero attached hydrogens (tertiary/aromatic N) is 3. The number of urea groups is 1. The number of nitrogens with one attached hydrogen (secondary N) is 2. The van der Waals surface area contributed by atoms with E-state index in [1.165, 1.54) is 30.3 Å². The van der Waals surface area contributed by atoms with Crippen LogP contribution in [0.1, 0.15) is 17.7 Å². The van der Waals surface area contributed by atoms with Crippen molar-refractivity contribution in [2.45, 2.75) is 19.4 Å². The van der Waals surface area contributed by atoms with Gasteiger partial charge in [0.25, 0.3) is 0 Å². The van der Waals surface area contributed by atoms with Crippen LogP contribution < -0.4 is 5.32 Å². The number of carbonyl (C=O) groups excluding carboxylic acids is 1. The molecule has 0 radical (unpaired) electrons. The number of H-pyrrole nitrogens is 1. The van der Waals surface area contributed by atoms with Crippen molar-refractivity contribution in [3.8, 4) is 0 Å². The van der Waals surface area contributed by atoms with Crippen molar-refractivity contribution in [1.29, 1.82) is 0 Å². The van der Waals surface area contributed by atoms with Crippen LogP contribution in [0.25, 0.3) is 0 Å². The Hall–Kier alpha value is -1.21. The zero-order valence-electron chi connectivity index (χ0n) is 12.3. The fourth-order valence-electron chi connectivity index (χ4n) is 2.83. The maximum atomic E-state index is 12.1. The minimum Gasteiger partial charge on any atom is -0.338 e. The summed E-state index contributed by atoms with van der Waals surface area (Å²) in [7, 11) is 0. The maximum Gasteiger partial charge on any atom is 0.317 e. The molecule has 0 saturated carbocycles. The van der Waals surface area contributed by atoms with Gasteiger partial charge in [0.2, 0.25) is 0 Å². The molecule has 0 aromatic carbocycles. The summed E-state index contributed by atoms with van der Waals surface area (Å²) in [6.45, 7) is 5.66. The molecule has 0 unspecified atom stereocenters. The van der Waals surface area contributed by atoms with Crippen LogP contribution in [0.2, 0.25) is 0 Å². The van der Waals surface area contributed by atoms with E-state index in [2.05, 4.69) is 20.4 Å². The number of aromatic amines is 1. The van der Waals surface area contributed by atoms with Gasteiger partial charge in [-0.25, -0.2) is 4.79 Å². The molecular weight excluding hydrogens is 286 g/mol. The molecule has 2 aliphatic rings. The molecule has 2 amide bonds. The molecule has 0 bridgehead atoms. The van der Waals surface area contributed by atoms with Crippen molar-refractivity contribution in [2.75, 3.05) is 44.2 Å². The lowest BCUT2D eigenvalue weighted by Crippen LogP contribution is -2.43.